The number of hydrogen-bond donors (Lipinski definition) is 0. The summed E-state index contributed by atoms with van der Waals surface area (Å²) in [7, 11) is -1.82. The van der Waals surface area contributed by atoms with Gasteiger partial charge in [0.1, 0.15) is 12.4 Å². The van der Waals surface area contributed by atoms with Crippen LogP contribution in [0.25, 0.3) is 27.9 Å². The minimum atomic E-state index is -1.82. The molecular weight excluding hydrogens is 472 g/mol. The highest BCUT2D eigenvalue weighted by atomic mass is 28.4. The van der Waals surface area contributed by atoms with Crippen LogP contribution in [0.15, 0.2) is 53.2 Å². The topological polar surface area (TPSA) is 100 Å². The third-order valence-electron chi connectivity index (χ3n) is 6.74. The van der Waals surface area contributed by atoms with Gasteiger partial charge in [-0.3, -0.25) is 4.98 Å². The van der Waals surface area contributed by atoms with Crippen LogP contribution in [0.5, 0.6) is 5.88 Å². The van der Waals surface area contributed by atoms with Crippen molar-refractivity contribution in [3.05, 3.63) is 65.7 Å². The maximum absolute atomic E-state index is 6.31. The Morgan fingerprint density at radius 1 is 1.00 bits per heavy atom. The Labute approximate surface area is 210 Å². The van der Waals surface area contributed by atoms with Gasteiger partial charge in [0.25, 0.3) is 0 Å². The molecule has 0 aliphatic rings. The summed E-state index contributed by atoms with van der Waals surface area (Å²) in [6, 6.07) is 13.6. The average molecular weight is 503 g/mol. The van der Waals surface area contributed by atoms with Gasteiger partial charge >= 0.3 is 0 Å². The molecule has 186 valence electrons. The first-order chi connectivity index (χ1) is 17.1. The van der Waals surface area contributed by atoms with E-state index in [1.54, 1.807) is 10.6 Å². The summed E-state index contributed by atoms with van der Waals surface area (Å²) in [5.74, 6) is 1.64. The third kappa shape index (κ3) is 4.61. The lowest BCUT2D eigenvalue weighted by Gasteiger charge is -2.36. The molecule has 0 N–H and O–H groups in total. The van der Waals surface area contributed by atoms with E-state index in [2.05, 4.69) is 54.2 Å². The molecule has 5 rings (SSSR count). The van der Waals surface area contributed by atoms with Gasteiger partial charge in [0, 0.05) is 23.0 Å². The predicted octanol–water partition coefficient (Wildman–Crippen LogP) is 5.74. The quantitative estimate of drug-likeness (QED) is 0.260. The van der Waals surface area contributed by atoms with Crippen molar-refractivity contribution in [2.45, 2.75) is 59.0 Å². The molecule has 10 heteroatoms. The van der Waals surface area contributed by atoms with Crippen LogP contribution >= 0.6 is 0 Å². The number of fused-ring (bicyclic) bond motifs is 3. The van der Waals surface area contributed by atoms with Crippen molar-refractivity contribution in [1.82, 2.24) is 30.0 Å². The smallest absolute Gasteiger partial charge is 0.240 e. The van der Waals surface area contributed by atoms with Crippen LogP contribution < -0.4 is 4.74 Å². The lowest BCUT2D eigenvalue weighted by atomic mass is 10.2. The number of benzene rings is 1. The molecule has 0 radical (unpaired) electrons. The van der Waals surface area contributed by atoms with Crippen LogP contribution in [-0.4, -0.2) is 38.3 Å². The Balaban J connectivity index is 1.37. The van der Waals surface area contributed by atoms with Crippen molar-refractivity contribution < 1.29 is 13.7 Å². The van der Waals surface area contributed by atoms with E-state index in [9.17, 15) is 0 Å². The first-order valence-corrected chi connectivity index (χ1v) is 14.8. The molecule has 0 spiro atoms. The number of aryl methyl sites for hydroxylation is 1. The minimum absolute atomic E-state index is 0.169. The van der Waals surface area contributed by atoms with Gasteiger partial charge in [-0.1, -0.05) is 50.2 Å². The van der Waals surface area contributed by atoms with Crippen molar-refractivity contribution in [3.8, 4) is 17.4 Å². The van der Waals surface area contributed by atoms with E-state index < -0.39 is 8.32 Å². The average Bonchev–Trinajstić information content (AvgIpc) is 3.47. The molecule has 9 nitrogen and oxygen atoms in total. The normalized spacial score (nSPS) is 12.5. The summed E-state index contributed by atoms with van der Waals surface area (Å²) in [4.78, 5) is 4.59. The van der Waals surface area contributed by atoms with E-state index >= 15 is 0 Å². The van der Waals surface area contributed by atoms with Crippen LogP contribution in [0.1, 0.15) is 37.8 Å². The Hall–Kier alpha value is -3.63. The number of nitrogens with zero attached hydrogens (tertiary/aromatic N) is 6. The lowest BCUT2D eigenvalue weighted by molar-refractivity contribution is 0.274. The summed E-state index contributed by atoms with van der Waals surface area (Å²) in [6.07, 6.45) is 1.85. The van der Waals surface area contributed by atoms with Crippen LogP contribution in [0.4, 0.5) is 0 Å². The van der Waals surface area contributed by atoms with E-state index in [1.165, 1.54) is 0 Å². The molecule has 0 aliphatic heterocycles. The first kappa shape index (κ1) is 24.1. The first-order valence-electron chi connectivity index (χ1n) is 11.9. The van der Waals surface area contributed by atoms with Crippen LogP contribution in [0, 0.1) is 6.92 Å². The summed E-state index contributed by atoms with van der Waals surface area (Å²) < 4.78 is 19.3. The molecule has 0 amide bonds. The minimum Gasteiger partial charge on any atom is -0.470 e. The summed E-state index contributed by atoms with van der Waals surface area (Å²) >= 11 is 0. The van der Waals surface area contributed by atoms with Gasteiger partial charge in [-0.25, -0.2) is 0 Å². The van der Waals surface area contributed by atoms with Gasteiger partial charge in [-0.05, 0) is 42.8 Å². The summed E-state index contributed by atoms with van der Waals surface area (Å²) in [5.41, 5.74) is 3.03. The van der Waals surface area contributed by atoms with Gasteiger partial charge in [0.05, 0.1) is 12.3 Å². The Bertz CT molecular complexity index is 1520. The zero-order valence-corrected chi connectivity index (χ0v) is 22.4. The van der Waals surface area contributed by atoms with Crippen molar-refractivity contribution >= 4 is 24.7 Å². The van der Waals surface area contributed by atoms with Crippen LogP contribution in [0.3, 0.4) is 0 Å². The van der Waals surface area contributed by atoms with E-state index in [4.69, 9.17) is 18.8 Å². The summed E-state index contributed by atoms with van der Waals surface area (Å²) in [6.45, 7) is 13.9. The number of ether oxygens (including phenoxy) is 1. The monoisotopic (exact) mass is 502 g/mol. The fraction of sp³-hybridized carbons (Fsp3) is 0.346. The van der Waals surface area contributed by atoms with Crippen LogP contribution in [0.2, 0.25) is 18.1 Å². The van der Waals surface area contributed by atoms with Crippen LogP contribution in [-0.2, 0) is 17.6 Å². The second-order valence-corrected chi connectivity index (χ2v) is 15.2. The van der Waals surface area contributed by atoms with Crippen molar-refractivity contribution in [2.75, 3.05) is 0 Å². The zero-order valence-electron chi connectivity index (χ0n) is 21.4. The van der Waals surface area contributed by atoms with E-state index in [0.717, 1.165) is 22.0 Å². The molecule has 0 bridgehead atoms. The summed E-state index contributed by atoms with van der Waals surface area (Å²) in [5, 5.41) is 19.3. The molecule has 36 heavy (non-hydrogen) atoms. The largest absolute Gasteiger partial charge is 0.470 e. The number of rotatable bonds is 7. The molecule has 0 atom stereocenters. The number of aromatic nitrogens is 6. The highest BCUT2D eigenvalue weighted by Gasteiger charge is 2.37. The number of pyridine rings is 1. The highest BCUT2D eigenvalue weighted by molar-refractivity contribution is 6.74. The van der Waals surface area contributed by atoms with Gasteiger partial charge in [-0.2, -0.15) is 4.52 Å². The zero-order chi connectivity index (χ0) is 25.5. The second-order valence-electron chi connectivity index (χ2n) is 10.4. The van der Waals surface area contributed by atoms with E-state index in [1.807, 2.05) is 49.5 Å². The van der Waals surface area contributed by atoms with Gasteiger partial charge < -0.3 is 13.7 Å². The Kier molecular flexibility index (Phi) is 6.09. The van der Waals surface area contributed by atoms with Crippen molar-refractivity contribution in [1.29, 1.82) is 0 Å². The maximum atomic E-state index is 6.31. The molecular formula is C26H30N6O3Si. The molecule has 0 unspecified atom stereocenters. The van der Waals surface area contributed by atoms with Gasteiger partial charge in [0.15, 0.2) is 19.7 Å². The molecule has 0 aliphatic carbocycles. The third-order valence-corrected chi connectivity index (χ3v) is 11.2. The molecule has 0 saturated carbocycles. The Morgan fingerprint density at radius 2 is 1.78 bits per heavy atom. The molecule has 0 saturated heterocycles. The standard InChI is InChI=1S/C26H30N6O3Si/c1-17-13-22(31-35-17)24-29-28-23-20-9-7-8-10-21(20)25(30-32(23)24)33-16-19-12-11-18(14-27-19)15-34-36(5,6)26(2,3)4/h7-14H,15-16H2,1-6H3. The number of hydrogen-bond acceptors (Lipinski definition) is 8. The van der Waals surface area contributed by atoms with Gasteiger partial charge in [0.2, 0.25) is 11.7 Å². The lowest BCUT2D eigenvalue weighted by Crippen LogP contribution is -2.40. The Morgan fingerprint density at radius 3 is 2.44 bits per heavy atom. The van der Waals surface area contributed by atoms with E-state index in [0.29, 0.717) is 35.4 Å². The fourth-order valence-corrected chi connectivity index (χ4v) is 4.50. The molecule has 4 heterocycles. The molecule has 0 fully saturated rings. The van der Waals surface area contributed by atoms with Gasteiger partial charge in [-0.15, -0.1) is 15.3 Å². The van der Waals surface area contributed by atoms with Crippen molar-refractivity contribution in [2.24, 2.45) is 0 Å². The maximum Gasteiger partial charge on any atom is 0.240 e. The molecule has 1 aromatic carbocycles. The highest BCUT2D eigenvalue weighted by Crippen LogP contribution is 2.37. The predicted molar refractivity (Wildman–Crippen MR) is 139 cm³/mol. The molecule has 4 aromatic heterocycles. The fourth-order valence-electron chi connectivity index (χ4n) is 3.54. The second kappa shape index (κ2) is 9.10. The van der Waals surface area contributed by atoms with Crippen molar-refractivity contribution in [3.63, 3.8) is 0 Å². The molecule has 5 aromatic rings. The SMILES string of the molecule is Cc1cc(-c2nnc3c4ccccc4c(OCc4ccc(CO[Si](C)(C)C(C)(C)C)cn4)nn23)no1. The van der Waals surface area contributed by atoms with E-state index in [-0.39, 0.29) is 11.6 Å².